The lowest BCUT2D eigenvalue weighted by molar-refractivity contribution is -0.0635. The first kappa shape index (κ1) is 11.7. The lowest BCUT2D eigenvalue weighted by Crippen LogP contribution is -2.38. The number of ether oxygens (including phenoxy) is 1. The first-order valence-electron chi connectivity index (χ1n) is 6.82. The number of rotatable bonds is 1. The normalized spacial score (nSPS) is 38.7. The molecule has 0 radical (unpaired) electrons. The van der Waals surface area contributed by atoms with Gasteiger partial charge in [-0.1, -0.05) is 18.6 Å². The molecule has 2 fully saturated rings. The maximum absolute atomic E-state index is 12.1. The van der Waals surface area contributed by atoms with Gasteiger partial charge < -0.3 is 4.74 Å². The highest BCUT2D eigenvalue weighted by atomic mass is 32.2. The molecule has 4 atom stereocenters. The van der Waals surface area contributed by atoms with Crippen molar-refractivity contribution in [1.82, 2.24) is 0 Å². The van der Waals surface area contributed by atoms with Gasteiger partial charge >= 0.3 is 10.1 Å². The van der Waals surface area contributed by atoms with E-state index in [9.17, 15) is 8.42 Å². The molecule has 102 valence electrons. The molecule has 1 aromatic rings. The van der Waals surface area contributed by atoms with Crippen molar-refractivity contribution in [2.45, 2.75) is 36.9 Å². The van der Waals surface area contributed by atoms with Crippen LogP contribution in [0, 0.1) is 17.8 Å². The molecule has 1 aromatic carbocycles. The predicted octanol–water partition coefficient (Wildman–Crippen LogP) is 2.55. The van der Waals surface area contributed by atoms with Gasteiger partial charge in [-0.3, -0.25) is 0 Å². The van der Waals surface area contributed by atoms with E-state index >= 15 is 0 Å². The Balaban J connectivity index is 1.68. The second kappa shape index (κ2) is 3.96. The van der Waals surface area contributed by atoms with Gasteiger partial charge in [0.05, 0.1) is 0 Å². The highest BCUT2D eigenvalue weighted by Gasteiger charge is 2.48. The van der Waals surface area contributed by atoms with E-state index in [1.807, 2.05) is 0 Å². The molecule has 2 aliphatic carbocycles. The van der Waals surface area contributed by atoms with Crippen molar-refractivity contribution in [1.29, 1.82) is 0 Å². The maximum Gasteiger partial charge on any atom is 0.303 e. The fourth-order valence-electron chi connectivity index (χ4n) is 3.86. The van der Waals surface area contributed by atoms with Crippen LogP contribution in [0.15, 0.2) is 29.2 Å². The summed E-state index contributed by atoms with van der Waals surface area (Å²) in [6, 6.07) is 6.70. The van der Waals surface area contributed by atoms with E-state index < -0.39 is 16.4 Å². The first-order valence-corrected chi connectivity index (χ1v) is 8.23. The molecule has 4 rings (SSSR count). The molecule has 4 unspecified atom stereocenters. The molecule has 0 N–H and O–H groups in total. The van der Waals surface area contributed by atoms with Crippen molar-refractivity contribution in [2.75, 3.05) is 0 Å². The third-order valence-corrected chi connectivity index (χ3v) is 6.04. The smallest absolute Gasteiger partial charge is 0.303 e. The van der Waals surface area contributed by atoms with E-state index in [2.05, 4.69) is 0 Å². The Morgan fingerprint density at radius 1 is 1.11 bits per heavy atom. The molecule has 3 aliphatic rings. The minimum atomic E-state index is -3.67. The zero-order valence-electron chi connectivity index (χ0n) is 10.5. The SMILES string of the molecule is O=S1(=O)OC(C2CC3CCC2C3)Oc2ccccc21. The molecular formula is C14H16O4S. The Bertz CT molecular complexity index is 610. The Morgan fingerprint density at radius 2 is 1.95 bits per heavy atom. The van der Waals surface area contributed by atoms with Crippen LogP contribution in [-0.4, -0.2) is 14.7 Å². The van der Waals surface area contributed by atoms with Crippen molar-refractivity contribution in [3.8, 4) is 5.75 Å². The molecule has 1 heterocycles. The molecule has 4 nitrogen and oxygen atoms in total. The standard InChI is InChI=1S/C14H16O4S/c15-19(16)13-4-2-1-3-12(13)17-14(18-19)11-8-9-5-6-10(11)7-9/h1-4,9-11,14H,5-8H2. The van der Waals surface area contributed by atoms with Gasteiger partial charge in [-0.2, -0.15) is 8.42 Å². The van der Waals surface area contributed by atoms with Crippen LogP contribution >= 0.6 is 0 Å². The second-order valence-electron chi connectivity index (χ2n) is 5.82. The molecule has 0 aromatic heterocycles. The molecule has 0 amide bonds. The number of para-hydroxylation sites is 1. The van der Waals surface area contributed by atoms with E-state index in [0.717, 1.165) is 12.3 Å². The number of hydrogen-bond acceptors (Lipinski definition) is 4. The molecule has 0 spiro atoms. The third kappa shape index (κ3) is 1.79. The van der Waals surface area contributed by atoms with Crippen molar-refractivity contribution in [2.24, 2.45) is 17.8 Å². The van der Waals surface area contributed by atoms with Crippen LogP contribution in [0.3, 0.4) is 0 Å². The summed E-state index contributed by atoms with van der Waals surface area (Å²) in [5.74, 6) is 1.96. The number of hydrogen-bond donors (Lipinski definition) is 0. The van der Waals surface area contributed by atoms with Gasteiger partial charge in [-0.05, 0) is 43.2 Å². The molecule has 2 bridgehead atoms. The van der Waals surface area contributed by atoms with Crippen LogP contribution < -0.4 is 4.74 Å². The Labute approximate surface area is 112 Å². The summed E-state index contributed by atoms with van der Waals surface area (Å²) in [5.41, 5.74) is 0. The molecule has 19 heavy (non-hydrogen) atoms. The zero-order valence-corrected chi connectivity index (χ0v) is 11.3. The zero-order chi connectivity index (χ0) is 13.0. The van der Waals surface area contributed by atoms with Gasteiger partial charge in [0.2, 0.25) is 6.29 Å². The van der Waals surface area contributed by atoms with Gasteiger partial charge in [0.15, 0.2) is 0 Å². The molecule has 5 heteroatoms. The van der Waals surface area contributed by atoms with Crippen LogP contribution in [0.1, 0.15) is 25.7 Å². The number of fused-ring (bicyclic) bond motifs is 3. The van der Waals surface area contributed by atoms with E-state index in [1.165, 1.54) is 25.3 Å². The minimum Gasteiger partial charge on any atom is -0.462 e. The predicted molar refractivity (Wildman–Crippen MR) is 68.1 cm³/mol. The van der Waals surface area contributed by atoms with Gasteiger partial charge in [0.1, 0.15) is 10.6 Å². The highest BCUT2D eigenvalue weighted by Crippen LogP contribution is 2.51. The average molecular weight is 280 g/mol. The quantitative estimate of drug-likeness (QED) is 0.742. The van der Waals surface area contributed by atoms with Gasteiger partial charge in [-0.25, -0.2) is 4.18 Å². The van der Waals surface area contributed by atoms with Crippen LogP contribution in [0.4, 0.5) is 0 Å². The van der Waals surface area contributed by atoms with E-state index in [-0.39, 0.29) is 10.8 Å². The second-order valence-corrected chi connectivity index (χ2v) is 7.36. The molecular weight excluding hydrogens is 264 g/mol. The fraction of sp³-hybridized carbons (Fsp3) is 0.571. The Kier molecular flexibility index (Phi) is 2.45. The largest absolute Gasteiger partial charge is 0.462 e. The summed E-state index contributed by atoms with van der Waals surface area (Å²) in [5, 5.41) is 0. The highest BCUT2D eigenvalue weighted by molar-refractivity contribution is 7.87. The third-order valence-electron chi connectivity index (χ3n) is 4.73. The average Bonchev–Trinajstić information content (AvgIpc) is 3.00. The monoisotopic (exact) mass is 280 g/mol. The molecule has 0 saturated heterocycles. The minimum absolute atomic E-state index is 0.148. The molecule has 2 saturated carbocycles. The van der Waals surface area contributed by atoms with Crippen LogP contribution in [0.25, 0.3) is 0 Å². The first-order chi connectivity index (χ1) is 9.13. The van der Waals surface area contributed by atoms with E-state index in [0.29, 0.717) is 11.7 Å². The van der Waals surface area contributed by atoms with Gasteiger partial charge in [0.25, 0.3) is 0 Å². The Hall–Kier alpha value is -1.07. The molecule has 1 aliphatic heterocycles. The summed E-state index contributed by atoms with van der Waals surface area (Å²) in [6.45, 7) is 0. The van der Waals surface area contributed by atoms with Crippen LogP contribution in [-0.2, 0) is 14.3 Å². The summed E-state index contributed by atoms with van der Waals surface area (Å²) >= 11 is 0. The Morgan fingerprint density at radius 3 is 2.68 bits per heavy atom. The topological polar surface area (TPSA) is 52.6 Å². The van der Waals surface area contributed by atoms with Gasteiger partial charge in [-0.15, -0.1) is 0 Å². The summed E-state index contributed by atoms with van der Waals surface area (Å²) in [4.78, 5) is 0.148. The summed E-state index contributed by atoms with van der Waals surface area (Å²) in [6.07, 6.45) is 4.07. The van der Waals surface area contributed by atoms with Crippen molar-refractivity contribution >= 4 is 10.1 Å². The van der Waals surface area contributed by atoms with Gasteiger partial charge in [0, 0.05) is 5.92 Å². The summed E-state index contributed by atoms with van der Waals surface area (Å²) in [7, 11) is -3.67. The van der Waals surface area contributed by atoms with Crippen molar-refractivity contribution < 1.29 is 17.3 Å². The number of benzene rings is 1. The summed E-state index contributed by atoms with van der Waals surface area (Å²) < 4.78 is 35.4. The van der Waals surface area contributed by atoms with Crippen LogP contribution in [0.5, 0.6) is 5.75 Å². The lowest BCUT2D eigenvalue weighted by Gasteiger charge is -2.33. The van der Waals surface area contributed by atoms with Crippen molar-refractivity contribution in [3.05, 3.63) is 24.3 Å². The fourth-order valence-corrected chi connectivity index (χ4v) is 5.00. The van der Waals surface area contributed by atoms with Crippen LogP contribution in [0.2, 0.25) is 0 Å². The lowest BCUT2D eigenvalue weighted by atomic mass is 9.88. The van der Waals surface area contributed by atoms with Crippen molar-refractivity contribution in [3.63, 3.8) is 0 Å². The van der Waals surface area contributed by atoms with E-state index in [1.54, 1.807) is 18.2 Å². The van der Waals surface area contributed by atoms with E-state index in [4.69, 9.17) is 8.92 Å². The maximum atomic E-state index is 12.1.